The molecule has 0 unspecified atom stereocenters. The van der Waals surface area contributed by atoms with E-state index in [0.717, 1.165) is 78.1 Å². The van der Waals surface area contributed by atoms with Crippen molar-refractivity contribution in [3.8, 4) is 39.1 Å². The number of benzene rings is 11. The van der Waals surface area contributed by atoms with Gasteiger partial charge in [0.25, 0.3) is 0 Å². The average Bonchev–Trinajstić information content (AvgIpc) is 3.92. The molecule has 0 aliphatic rings. The number of rotatable bonds is 7. The molecule has 3 heteroatoms. The Hall–Kier alpha value is -8.66. The van der Waals surface area contributed by atoms with Crippen LogP contribution >= 0.6 is 0 Å². The van der Waals surface area contributed by atoms with Gasteiger partial charge in [0.15, 0.2) is 0 Å². The van der Waals surface area contributed by atoms with Gasteiger partial charge in [0.2, 0.25) is 0 Å². The number of furan rings is 1. The van der Waals surface area contributed by atoms with Crippen molar-refractivity contribution in [1.82, 2.24) is 4.57 Å². The molecular weight excluding hydrogens is 789 g/mol. The average molecular weight is 829 g/mol. The standard InChI is InChI=1S/C62H40N2O/c1-3-15-51(16-4-1)63(53-29-25-41-13-7-8-14-42(41)37-53)54-30-26-43-33-44(23-24-45(43)38-54)48-34-49(36-50(35-48)47-28-32-58-57-20-10-12-22-61(57)65-62(58)40-47)46-27-31-56-55-19-9-11-21-59(55)64(60(56)39-46)52-17-5-2-6-18-52/h1-40H. The number of anilines is 3. The molecule has 11 aromatic carbocycles. The van der Waals surface area contributed by atoms with Gasteiger partial charge in [-0.25, -0.2) is 0 Å². The maximum absolute atomic E-state index is 6.42. The molecule has 0 N–H and O–H groups in total. The first-order chi connectivity index (χ1) is 32.2. The van der Waals surface area contributed by atoms with Crippen LogP contribution < -0.4 is 4.90 Å². The molecule has 0 amide bonds. The maximum atomic E-state index is 6.42. The van der Waals surface area contributed by atoms with E-state index in [1.165, 1.54) is 43.4 Å². The zero-order chi connectivity index (χ0) is 42.8. The second kappa shape index (κ2) is 15.0. The minimum Gasteiger partial charge on any atom is -0.456 e. The summed E-state index contributed by atoms with van der Waals surface area (Å²) in [4.78, 5) is 2.35. The number of nitrogens with zero attached hydrogens (tertiary/aromatic N) is 2. The fourth-order valence-corrected chi connectivity index (χ4v) is 9.93. The van der Waals surface area contributed by atoms with Crippen LogP contribution in [0.4, 0.5) is 17.1 Å². The van der Waals surface area contributed by atoms with Crippen molar-refractivity contribution in [2.75, 3.05) is 4.90 Å². The molecule has 0 saturated heterocycles. The van der Waals surface area contributed by atoms with Gasteiger partial charge in [0, 0.05) is 44.3 Å². The summed E-state index contributed by atoms with van der Waals surface area (Å²) in [6.45, 7) is 0. The van der Waals surface area contributed by atoms with Crippen LogP contribution in [0.5, 0.6) is 0 Å². The van der Waals surface area contributed by atoms with Crippen molar-refractivity contribution in [3.05, 3.63) is 243 Å². The number of hydrogen-bond donors (Lipinski definition) is 0. The third-order valence-corrected chi connectivity index (χ3v) is 13.1. The van der Waals surface area contributed by atoms with Gasteiger partial charge >= 0.3 is 0 Å². The Balaban J connectivity index is 0.960. The predicted molar refractivity (Wildman–Crippen MR) is 274 cm³/mol. The zero-order valence-electron chi connectivity index (χ0n) is 35.4. The second-order valence-corrected chi connectivity index (χ2v) is 17.0. The zero-order valence-corrected chi connectivity index (χ0v) is 35.4. The summed E-state index contributed by atoms with van der Waals surface area (Å²) in [6, 6.07) is 87.9. The summed E-state index contributed by atoms with van der Waals surface area (Å²) in [5.74, 6) is 0. The molecule has 0 aliphatic heterocycles. The molecule has 0 saturated carbocycles. The van der Waals surface area contributed by atoms with E-state index in [1.54, 1.807) is 0 Å². The molecule has 65 heavy (non-hydrogen) atoms. The Kier molecular flexibility index (Phi) is 8.53. The first-order valence-electron chi connectivity index (χ1n) is 22.2. The Morgan fingerprint density at radius 1 is 0.277 bits per heavy atom. The van der Waals surface area contributed by atoms with E-state index < -0.39 is 0 Å². The Labute approximate surface area is 376 Å². The van der Waals surface area contributed by atoms with E-state index in [-0.39, 0.29) is 0 Å². The number of fused-ring (bicyclic) bond motifs is 8. The normalized spacial score (nSPS) is 11.7. The highest BCUT2D eigenvalue weighted by atomic mass is 16.3. The highest BCUT2D eigenvalue weighted by molar-refractivity contribution is 6.11. The summed E-state index contributed by atoms with van der Waals surface area (Å²) >= 11 is 0. The molecule has 0 atom stereocenters. The van der Waals surface area contributed by atoms with Crippen LogP contribution in [-0.2, 0) is 0 Å². The van der Waals surface area contributed by atoms with E-state index in [2.05, 4.69) is 240 Å². The van der Waals surface area contributed by atoms with Crippen LogP contribution in [0.25, 0.3) is 104 Å². The molecule has 13 rings (SSSR count). The quantitative estimate of drug-likeness (QED) is 0.160. The third-order valence-electron chi connectivity index (χ3n) is 13.1. The Morgan fingerprint density at radius 3 is 1.55 bits per heavy atom. The predicted octanol–water partition coefficient (Wildman–Crippen LogP) is 17.5. The third kappa shape index (κ3) is 6.36. The first kappa shape index (κ1) is 36.9. The van der Waals surface area contributed by atoms with E-state index in [0.29, 0.717) is 0 Å². The highest BCUT2D eigenvalue weighted by Gasteiger charge is 2.17. The molecule has 0 spiro atoms. The SMILES string of the molecule is c1ccc(N(c2ccc3ccccc3c2)c2ccc3cc(-c4cc(-c5ccc6c(c5)oc5ccccc56)cc(-c5ccc6c7ccccc7n(-c7ccccc7)c6c5)c4)ccc3c2)cc1. The molecule has 13 aromatic rings. The minimum atomic E-state index is 0.888. The van der Waals surface area contributed by atoms with Gasteiger partial charge in [-0.2, -0.15) is 0 Å². The smallest absolute Gasteiger partial charge is 0.136 e. The van der Waals surface area contributed by atoms with Crippen LogP contribution in [-0.4, -0.2) is 4.57 Å². The molecule has 0 bridgehead atoms. The number of aromatic nitrogens is 1. The van der Waals surface area contributed by atoms with Crippen LogP contribution in [0.15, 0.2) is 247 Å². The van der Waals surface area contributed by atoms with Gasteiger partial charge < -0.3 is 13.9 Å². The van der Waals surface area contributed by atoms with Gasteiger partial charge in [0.05, 0.1) is 11.0 Å². The van der Waals surface area contributed by atoms with Gasteiger partial charge in [-0.3, -0.25) is 0 Å². The molecule has 0 radical (unpaired) electrons. The summed E-state index contributed by atoms with van der Waals surface area (Å²) in [7, 11) is 0. The van der Waals surface area contributed by atoms with Crippen molar-refractivity contribution in [1.29, 1.82) is 0 Å². The topological polar surface area (TPSA) is 21.3 Å². The van der Waals surface area contributed by atoms with Crippen LogP contribution in [0.1, 0.15) is 0 Å². The molecule has 304 valence electrons. The lowest BCUT2D eigenvalue weighted by Gasteiger charge is -2.26. The largest absolute Gasteiger partial charge is 0.456 e. The van der Waals surface area contributed by atoms with Crippen LogP contribution in [0.3, 0.4) is 0 Å². The van der Waals surface area contributed by atoms with E-state index in [9.17, 15) is 0 Å². The molecule has 2 aromatic heterocycles. The van der Waals surface area contributed by atoms with Crippen molar-refractivity contribution in [2.45, 2.75) is 0 Å². The molecule has 3 nitrogen and oxygen atoms in total. The number of para-hydroxylation sites is 4. The Morgan fingerprint density at radius 2 is 0.785 bits per heavy atom. The monoisotopic (exact) mass is 828 g/mol. The van der Waals surface area contributed by atoms with Crippen molar-refractivity contribution >= 4 is 82.4 Å². The van der Waals surface area contributed by atoms with Crippen LogP contribution in [0, 0.1) is 0 Å². The van der Waals surface area contributed by atoms with Crippen molar-refractivity contribution < 1.29 is 4.42 Å². The van der Waals surface area contributed by atoms with E-state index >= 15 is 0 Å². The maximum Gasteiger partial charge on any atom is 0.136 e. The van der Waals surface area contributed by atoms with Gasteiger partial charge in [-0.05, 0) is 158 Å². The lowest BCUT2D eigenvalue weighted by molar-refractivity contribution is 0.669. The molecule has 0 fully saturated rings. The van der Waals surface area contributed by atoms with E-state index in [1.807, 2.05) is 12.1 Å². The fourth-order valence-electron chi connectivity index (χ4n) is 9.93. The molecule has 0 aliphatic carbocycles. The summed E-state index contributed by atoms with van der Waals surface area (Å²) < 4.78 is 8.81. The summed E-state index contributed by atoms with van der Waals surface area (Å²) in [5, 5.41) is 9.55. The number of hydrogen-bond acceptors (Lipinski definition) is 2. The van der Waals surface area contributed by atoms with Crippen LogP contribution in [0.2, 0.25) is 0 Å². The first-order valence-corrected chi connectivity index (χ1v) is 22.2. The van der Waals surface area contributed by atoms with Gasteiger partial charge in [-0.15, -0.1) is 0 Å². The fraction of sp³-hybridized carbons (Fsp3) is 0. The van der Waals surface area contributed by atoms with Gasteiger partial charge in [0.1, 0.15) is 11.2 Å². The molecule has 2 heterocycles. The summed E-state index contributed by atoms with van der Waals surface area (Å²) in [5.41, 5.74) is 15.5. The summed E-state index contributed by atoms with van der Waals surface area (Å²) in [6.07, 6.45) is 0. The van der Waals surface area contributed by atoms with E-state index in [4.69, 9.17) is 4.42 Å². The molecular formula is C62H40N2O. The van der Waals surface area contributed by atoms with Gasteiger partial charge in [-0.1, -0.05) is 140 Å². The highest BCUT2D eigenvalue weighted by Crippen LogP contribution is 2.41. The lowest BCUT2D eigenvalue weighted by atomic mass is 9.92. The second-order valence-electron chi connectivity index (χ2n) is 17.0. The lowest BCUT2D eigenvalue weighted by Crippen LogP contribution is -2.09. The van der Waals surface area contributed by atoms with Crippen molar-refractivity contribution in [3.63, 3.8) is 0 Å². The van der Waals surface area contributed by atoms with Crippen molar-refractivity contribution in [2.24, 2.45) is 0 Å². The Bertz CT molecular complexity index is 3950. The minimum absolute atomic E-state index is 0.888.